The van der Waals surface area contributed by atoms with E-state index >= 15 is 0 Å². The number of carbonyl (C=O) groups excluding carboxylic acids is 2. The van der Waals surface area contributed by atoms with Crippen LogP contribution < -0.4 is 9.47 Å². The van der Waals surface area contributed by atoms with Crippen LogP contribution in [-0.2, 0) is 11.2 Å². The molecule has 0 amide bonds. The molecule has 0 aliphatic carbocycles. The third kappa shape index (κ3) is 5.21. The number of ether oxygens (including phenoxy) is 2. The fourth-order valence-electron chi connectivity index (χ4n) is 3.41. The maximum atomic E-state index is 12.8. The summed E-state index contributed by atoms with van der Waals surface area (Å²) in [5.41, 5.74) is 3.88. The summed E-state index contributed by atoms with van der Waals surface area (Å²) < 4.78 is 10.8. The van der Waals surface area contributed by atoms with Gasteiger partial charge in [0.05, 0.1) is 18.6 Å². The predicted octanol–water partition coefficient (Wildman–Crippen LogP) is 4.97. The van der Waals surface area contributed by atoms with Gasteiger partial charge in [0.25, 0.3) is 0 Å². The summed E-state index contributed by atoms with van der Waals surface area (Å²) in [4.78, 5) is 35.3. The molecule has 3 rings (SSSR count). The van der Waals surface area contributed by atoms with E-state index in [0.29, 0.717) is 40.2 Å². The van der Waals surface area contributed by atoms with Crippen molar-refractivity contribution in [1.82, 2.24) is 0 Å². The van der Waals surface area contributed by atoms with Crippen LogP contribution in [0, 0.1) is 12.8 Å². The Morgan fingerprint density at radius 3 is 2.47 bits per heavy atom. The smallest absolute Gasteiger partial charge is 0.343 e. The summed E-state index contributed by atoms with van der Waals surface area (Å²) in [5, 5.41) is 9.09. The topological polar surface area (TPSA) is 89.9 Å². The Balaban J connectivity index is 1.82. The van der Waals surface area contributed by atoms with Crippen molar-refractivity contribution in [2.75, 3.05) is 7.11 Å². The average molecular weight is 432 g/mol. The standard InChI is InChI=1S/C26H24O6/c1-16-12-19(24-14-21(31-3)9-7-20(24)15-27)8-10-23(16)26(30)32-22-6-4-5-18(13-22)11-17(2)25(28)29/h4-10,12-15,17H,11H2,1-3H3,(H,28,29). The molecule has 0 aromatic heterocycles. The van der Waals surface area contributed by atoms with Crippen LogP contribution in [-0.4, -0.2) is 30.4 Å². The summed E-state index contributed by atoms with van der Waals surface area (Å²) in [6, 6.07) is 17.3. The quantitative estimate of drug-likeness (QED) is 0.307. The molecule has 0 aliphatic rings. The second-order valence-corrected chi connectivity index (χ2v) is 7.58. The van der Waals surface area contributed by atoms with Crippen molar-refractivity contribution in [3.8, 4) is 22.6 Å². The molecule has 1 N–H and O–H groups in total. The molecule has 0 saturated heterocycles. The highest BCUT2D eigenvalue weighted by Gasteiger charge is 2.16. The van der Waals surface area contributed by atoms with Gasteiger partial charge in [0.1, 0.15) is 11.5 Å². The number of aldehydes is 1. The average Bonchev–Trinajstić information content (AvgIpc) is 2.78. The Bertz CT molecular complexity index is 1160. The van der Waals surface area contributed by atoms with Gasteiger partial charge in [0.15, 0.2) is 6.29 Å². The first-order chi connectivity index (χ1) is 15.3. The van der Waals surface area contributed by atoms with E-state index in [1.807, 2.05) is 6.07 Å². The number of esters is 1. The number of carboxylic acids is 1. The van der Waals surface area contributed by atoms with Crippen LogP contribution >= 0.6 is 0 Å². The molecule has 6 nitrogen and oxygen atoms in total. The fourth-order valence-corrected chi connectivity index (χ4v) is 3.41. The number of carboxylic acid groups (broad SMARTS) is 1. The van der Waals surface area contributed by atoms with E-state index in [1.165, 1.54) is 0 Å². The highest BCUT2D eigenvalue weighted by molar-refractivity contribution is 5.94. The number of hydrogen-bond donors (Lipinski definition) is 1. The van der Waals surface area contributed by atoms with E-state index in [-0.39, 0.29) is 0 Å². The van der Waals surface area contributed by atoms with Gasteiger partial charge in [-0.25, -0.2) is 4.79 Å². The number of benzene rings is 3. The zero-order valence-corrected chi connectivity index (χ0v) is 18.1. The normalized spacial score (nSPS) is 11.5. The fraction of sp³-hybridized carbons (Fsp3) is 0.192. The van der Waals surface area contributed by atoms with Gasteiger partial charge in [-0.05, 0) is 72.0 Å². The summed E-state index contributed by atoms with van der Waals surface area (Å²) in [6.07, 6.45) is 1.12. The Kier molecular flexibility index (Phi) is 7.05. The molecular weight excluding hydrogens is 408 g/mol. The van der Waals surface area contributed by atoms with Gasteiger partial charge < -0.3 is 14.6 Å². The first kappa shape index (κ1) is 22.7. The Morgan fingerprint density at radius 2 is 1.81 bits per heavy atom. The molecule has 1 atom stereocenters. The molecule has 0 saturated carbocycles. The first-order valence-corrected chi connectivity index (χ1v) is 10.1. The third-order valence-electron chi connectivity index (χ3n) is 5.22. The Labute approximate surface area is 186 Å². The molecule has 0 spiro atoms. The molecule has 0 fully saturated rings. The predicted molar refractivity (Wildman–Crippen MR) is 120 cm³/mol. The SMILES string of the molecule is COc1ccc(C=O)c(-c2ccc(C(=O)Oc3cccc(CC(C)C(=O)O)c3)c(C)c2)c1. The van der Waals surface area contributed by atoms with E-state index < -0.39 is 17.9 Å². The molecule has 0 radical (unpaired) electrons. The van der Waals surface area contributed by atoms with Crippen molar-refractivity contribution in [2.24, 2.45) is 5.92 Å². The van der Waals surface area contributed by atoms with Crippen LogP contribution in [0.5, 0.6) is 11.5 Å². The number of aliphatic carboxylic acids is 1. The van der Waals surface area contributed by atoms with Gasteiger partial charge in [-0.2, -0.15) is 0 Å². The molecule has 0 heterocycles. The zero-order valence-electron chi connectivity index (χ0n) is 18.1. The summed E-state index contributed by atoms with van der Waals surface area (Å²) in [5.74, 6) is -0.951. The summed E-state index contributed by atoms with van der Waals surface area (Å²) >= 11 is 0. The molecule has 164 valence electrons. The first-order valence-electron chi connectivity index (χ1n) is 10.1. The van der Waals surface area contributed by atoms with Gasteiger partial charge in [-0.15, -0.1) is 0 Å². The van der Waals surface area contributed by atoms with Crippen molar-refractivity contribution in [1.29, 1.82) is 0 Å². The number of hydrogen-bond acceptors (Lipinski definition) is 5. The number of rotatable bonds is 8. The molecule has 0 aliphatic heterocycles. The molecule has 0 bridgehead atoms. The van der Waals surface area contributed by atoms with Gasteiger partial charge >= 0.3 is 11.9 Å². The van der Waals surface area contributed by atoms with E-state index in [4.69, 9.17) is 14.6 Å². The van der Waals surface area contributed by atoms with E-state index in [0.717, 1.165) is 17.4 Å². The van der Waals surface area contributed by atoms with Crippen molar-refractivity contribution in [3.05, 3.63) is 82.9 Å². The summed E-state index contributed by atoms with van der Waals surface area (Å²) in [7, 11) is 1.56. The minimum atomic E-state index is -0.878. The minimum Gasteiger partial charge on any atom is -0.497 e. The van der Waals surface area contributed by atoms with Crippen molar-refractivity contribution in [2.45, 2.75) is 20.3 Å². The molecule has 3 aromatic rings. The van der Waals surface area contributed by atoms with Crippen LogP contribution in [0.1, 0.15) is 38.8 Å². The second kappa shape index (κ2) is 9.92. The van der Waals surface area contributed by atoms with Crippen LogP contribution in [0.2, 0.25) is 0 Å². The van der Waals surface area contributed by atoms with Crippen LogP contribution in [0.25, 0.3) is 11.1 Å². The molecular formula is C26H24O6. The minimum absolute atomic E-state index is 0.341. The van der Waals surface area contributed by atoms with Gasteiger partial charge in [-0.3, -0.25) is 9.59 Å². The van der Waals surface area contributed by atoms with E-state index in [9.17, 15) is 14.4 Å². The lowest BCUT2D eigenvalue weighted by molar-refractivity contribution is -0.141. The maximum absolute atomic E-state index is 12.8. The molecule has 1 unspecified atom stereocenters. The Hall–Kier alpha value is -3.93. The third-order valence-corrected chi connectivity index (χ3v) is 5.22. The van der Waals surface area contributed by atoms with E-state index in [1.54, 1.807) is 75.6 Å². The van der Waals surface area contributed by atoms with Gasteiger partial charge in [-0.1, -0.05) is 31.2 Å². The summed E-state index contributed by atoms with van der Waals surface area (Å²) in [6.45, 7) is 3.43. The Morgan fingerprint density at radius 1 is 1.03 bits per heavy atom. The van der Waals surface area contributed by atoms with Gasteiger partial charge in [0.2, 0.25) is 0 Å². The number of methoxy groups -OCH3 is 1. The van der Waals surface area contributed by atoms with Gasteiger partial charge in [0, 0.05) is 5.56 Å². The maximum Gasteiger partial charge on any atom is 0.343 e. The van der Waals surface area contributed by atoms with Crippen molar-refractivity contribution in [3.63, 3.8) is 0 Å². The highest BCUT2D eigenvalue weighted by atomic mass is 16.5. The van der Waals surface area contributed by atoms with Crippen LogP contribution in [0.15, 0.2) is 60.7 Å². The lowest BCUT2D eigenvalue weighted by Gasteiger charge is -2.12. The van der Waals surface area contributed by atoms with E-state index in [2.05, 4.69) is 0 Å². The van der Waals surface area contributed by atoms with Crippen LogP contribution in [0.3, 0.4) is 0 Å². The molecule has 6 heteroatoms. The zero-order chi connectivity index (χ0) is 23.3. The lowest BCUT2D eigenvalue weighted by atomic mass is 9.96. The molecule has 3 aromatic carbocycles. The van der Waals surface area contributed by atoms with Crippen molar-refractivity contribution >= 4 is 18.2 Å². The number of aryl methyl sites for hydroxylation is 1. The highest BCUT2D eigenvalue weighted by Crippen LogP contribution is 2.29. The van der Waals surface area contributed by atoms with Crippen LogP contribution in [0.4, 0.5) is 0 Å². The van der Waals surface area contributed by atoms with Crippen molar-refractivity contribution < 1.29 is 29.0 Å². The lowest BCUT2D eigenvalue weighted by Crippen LogP contribution is -2.13. The monoisotopic (exact) mass is 432 g/mol. The molecule has 32 heavy (non-hydrogen) atoms. The second-order valence-electron chi connectivity index (χ2n) is 7.58. The number of carbonyl (C=O) groups is 3. The largest absolute Gasteiger partial charge is 0.497 e.